The van der Waals surface area contributed by atoms with Crippen molar-refractivity contribution in [2.24, 2.45) is 5.73 Å². The van der Waals surface area contributed by atoms with E-state index in [1.807, 2.05) is 25.1 Å². The number of nitrogens with two attached hydrogens (primary N) is 1. The van der Waals surface area contributed by atoms with Gasteiger partial charge in [-0.2, -0.15) is 0 Å². The lowest BCUT2D eigenvalue weighted by Gasteiger charge is -2.19. The maximum Gasteiger partial charge on any atom is 0.151 e. The molecule has 3 nitrogen and oxygen atoms in total. The van der Waals surface area contributed by atoms with Crippen molar-refractivity contribution in [3.8, 4) is 0 Å². The van der Waals surface area contributed by atoms with Gasteiger partial charge in [0, 0.05) is 17.3 Å². The molecule has 0 aliphatic carbocycles. The molecule has 0 bridgehead atoms. The Morgan fingerprint density at radius 3 is 2.47 bits per heavy atom. The number of aryl methyl sites for hydroxylation is 1. The summed E-state index contributed by atoms with van der Waals surface area (Å²) in [6, 6.07) is 5.26. The van der Waals surface area contributed by atoms with Crippen molar-refractivity contribution in [3.63, 3.8) is 0 Å². The molecule has 0 amide bonds. The van der Waals surface area contributed by atoms with E-state index in [1.165, 1.54) is 6.26 Å². The first-order valence-electron chi connectivity index (χ1n) is 5.41. The molecule has 0 fully saturated rings. The monoisotopic (exact) mass is 275 g/mol. The Morgan fingerprint density at radius 2 is 2.00 bits per heavy atom. The summed E-state index contributed by atoms with van der Waals surface area (Å²) in [6.07, 6.45) is 1.67. The van der Waals surface area contributed by atoms with Gasteiger partial charge < -0.3 is 5.73 Å². The highest BCUT2D eigenvalue weighted by Gasteiger charge is 2.23. The van der Waals surface area contributed by atoms with Crippen molar-refractivity contribution in [2.45, 2.75) is 31.6 Å². The molecular weight excluding hydrogens is 258 g/mol. The minimum atomic E-state index is -3.11. The van der Waals surface area contributed by atoms with Crippen molar-refractivity contribution in [2.75, 3.05) is 6.26 Å². The van der Waals surface area contributed by atoms with Crippen LogP contribution in [0.15, 0.2) is 18.2 Å². The molecule has 1 aromatic carbocycles. The van der Waals surface area contributed by atoms with Gasteiger partial charge in [0.2, 0.25) is 0 Å². The van der Waals surface area contributed by atoms with Gasteiger partial charge in [-0.05, 0) is 37.5 Å². The standard InChI is InChI=1S/C12H18ClNO2S/c1-8-4-5-10(11(13)6-8)7-12(14)9(2)17(3,15)16/h4-6,9,12H,7,14H2,1-3H3. The highest BCUT2D eigenvalue weighted by atomic mass is 35.5. The highest BCUT2D eigenvalue weighted by Crippen LogP contribution is 2.20. The van der Waals surface area contributed by atoms with Crippen LogP contribution in [0.25, 0.3) is 0 Å². The third-order valence-electron chi connectivity index (χ3n) is 2.94. The first-order chi connectivity index (χ1) is 7.71. The SMILES string of the molecule is Cc1ccc(CC(N)C(C)S(C)(=O)=O)c(Cl)c1. The van der Waals surface area contributed by atoms with Crippen molar-refractivity contribution < 1.29 is 8.42 Å². The molecule has 0 aliphatic rings. The van der Waals surface area contributed by atoms with Crippen LogP contribution in [0.2, 0.25) is 5.02 Å². The van der Waals surface area contributed by atoms with E-state index in [0.717, 1.165) is 11.1 Å². The van der Waals surface area contributed by atoms with Gasteiger partial charge in [0.15, 0.2) is 9.84 Å². The van der Waals surface area contributed by atoms with E-state index in [2.05, 4.69) is 0 Å². The van der Waals surface area contributed by atoms with Gasteiger partial charge in [-0.3, -0.25) is 0 Å². The fourth-order valence-corrected chi connectivity index (χ4v) is 2.60. The molecule has 1 rings (SSSR count). The number of sulfone groups is 1. The van der Waals surface area contributed by atoms with Gasteiger partial charge in [0.25, 0.3) is 0 Å². The van der Waals surface area contributed by atoms with Gasteiger partial charge in [0.1, 0.15) is 0 Å². The molecule has 96 valence electrons. The normalized spacial score (nSPS) is 15.6. The summed E-state index contributed by atoms with van der Waals surface area (Å²) < 4.78 is 22.8. The molecule has 5 heteroatoms. The van der Waals surface area contributed by atoms with Crippen LogP contribution >= 0.6 is 11.6 Å². The van der Waals surface area contributed by atoms with E-state index in [0.29, 0.717) is 11.4 Å². The largest absolute Gasteiger partial charge is 0.326 e. The van der Waals surface area contributed by atoms with Crippen molar-refractivity contribution in [1.29, 1.82) is 0 Å². The zero-order valence-electron chi connectivity index (χ0n) is 10.3. The second kappa shape index (κ2) is 5.38. The summed E-state index contributed by atoms with van der Waals surface area (Å²) >= 11 is 6.09. The average Bonchev–Trinajstić information content (AvgIpc) is 2.19. The third kappa shape index (κ3) is 3.98. The summed E-state index contributed by atoms with van der Waals surface area (Å²) in [5.74, 6) is 0. The zero-order chi connectivity index (χ0) is 13.2. The Kier molecular flexibility index (Phi) is 4.58. The fraction of sp³-hybridized carbons (Fsp3) is 0.500. The first-order valence-corrected chi connectivity index (χ1v) is 7.74. The van der Waals surface area contributed by atoms with Crippen molar-refractivity contribution in [3.05, 3.63) is 34.3 Å². The molecule has 2 N–H and O–H groups in total. The maximum atomic E-state index is 11.4. The molecule has 0 saturated carbocycles. The van der Waals surface area contributed by atoms with E-state index >= 15 is 0 Å². The summed E-state index contributed by atoms with van der Waals surface area (Å²) in [5, 5.41) is 0.0704. The summed E-state index contributed by atoms with van der Waals surface area (Å²) in [5.41, 5.74) is 7.87. The molecule has 2 atom stereocenters. The van der Waals surface area contributed by atoms with E-state index < -0.39 is 21.1 Å². The summed E-state index contributed by atoms with van der Waals surface area (Å²) in [4.78, 5) is 0. The second-order valence-corrected chi connectivity index (χ2v) is 7.31. The van der Waals surface area contributed by atoms with Gasteiger partial charge in [-0.1, -0.05) is 23.7 Å². The molecule has 1 aromatic rings. The van der Waals surface area contributed by atoms with Crippen molar-refractivity contribution >= 4 is 21.4 Å². The topological polar surface area (TPSA) is 60.2 Å². The number of hydrogen-bond acceptors (Lipinski definition) is 3. The zero-order valence-corrected chi connectivity index (χ0v) is 11.8. The Morgan fingerprint density at radius 1 is 1.41 bits per heavy atom. The summed E-state index contributed by atoms with van der Waals surface area (Å²) in [6.45, 7) is 3.58. The van der Waals surface area contributed by atoms with E-state index in [1.54, 1.807) is 6.92 Å². The predicted molar refractivity (Wildman–Crippen MR) is 72.2 cm³/mol. The minimum absolute atomic E-state index is 0.440. The molecule has 0 saturated heterocycles. The molecular formula is C12H18ClNO2S. The number of halogens is 1. The van der Waals surface area contributed by atoms with Gasteiger partial charge >= 0.3 is 0 Å². The van der Waals surface area contributed by atoms with Crippen LogP contribution in [0.3, 0.4) is 0 Å². The van der Waals surface area contributed by atoms with Crippen LogP contribution < -0.4 is 5.73 Å². The highest BCUT2D eigenvalue weighted by molar-refractivity contribution is 7.91. The molecule has 0 heterocycles. The fourth-order valence-electron chi connectivity index (χ4n) is 1.56. The molecule has 0 radical (unpaired) electrons. The lowest BCUT2D eigenvalue weighted by molar-refractivity contribution is 0.562. The Hall–Kier alpha value is -0.580. The average molecular weight is 276 g/mol. The van der Waals surface area contributed by atoms with Crippen LogP contribution in [-0.4, -0.2) is 26.0 Å². The van der Waals surface area contributed by atoms with Crippen LogP contribution in [0.1, 0.15) is 18.1 Å². The molecule has 0 aliphatic heterocycles. The second-order valence-electron chi connectivity index (χ2n) is 4.50. The van der Waals surface area contributed by atoms with E-state index in [4.69, 9.17) is 17.3 Å². The van der Waals surface area contributed by atoms with Gasteiger partial charge in [0.05, 0.1) is 5.25 Å². The van der Waals surface area contributed by atoms with Crippen LogP contribution in [0, 0.1) is 6.92 Å². The van der Waals surface area contributed by atoms with Crippen LogP contribution in [-0.2, 0) is 16.3 Å². The third-order valence-corrected chi connectivity index (χ3v) is 4.99. The first kappa shape index (κ1) is 14.5. The smallest absolute Gasteiger partial charge is 0.151 e. The number of hydrogen-bond donors (Lipinski definition) is 1. The lowest BCUT2D eigenvalue weighted by Crippen LogP contribution is -2.39. The quantitative estimate of drug-likeness (QED) is 0.914. The predicted octanol–water partition coefficient (Wildman–Crippen LogP) is 1.95. The minimum Gasteiger partial charge on any atom is -0.326 e. The Bertz CT molecular complexity index is 499. The molecule has 17 heavy (non-hydrogen) atoms. The molecule has 2 unspecified atom stereocenters. The number of rotatable bonds is 4. The summed E-state index contributed by atoms with van der Waals surface area (Å²) in [7, 11) is -3.11. The lowest BCUT2D eigenvalue weighted by atomic mass is 10.0. The number of benzene rings is 1. The van der Waals surface area contributed by atoms with Gasteiger partial charge in [-0.15, -0.1) is 0 Å². The Labute approximate surface area is 108 Å². The van der Waals surface area contributed by atoms with Crippen LogP contribution in [0.5, 0.6) is 0 Å². The molecule has 0 spiro atoms. The maximum absolute atomic E-state index is 11.4. The van der Waals surface area contributed by atoms with E-state index in [9.17, 15) is 8.42 Å². The Balaban J connectivity index is 2.85. The van der Waals surface area contributed by atoms with Crippen molar-refractivity contribution in [1.82, 2.24) is 0 Å². The van der Waals surface area contributed by atoms with Crippen LogP contribution in [0.4, 0.5) is 0 Å². The van der Waals surface area contributed by atoms with Gasteiger partial charge in [-0.25, -0.2) is 8.42 Å². The van der Waals surface area contributed by atoms with E-state index in [-0.39, 0.29) is 0 Å². The molecule has 0 aromatic heterocycles.